The minimum atomic E-state index is -4.69. The summed E-state index contributed by atoms with van der Waals surface area (Å²) in [5.74, 6) is 1.61. The fourth-order valence-corrected chi connectivity index (χ4v) is 5.02. The van der Waals surface area contributed by atoms with E-state index in [9.17, 15) is 17.6 Å². The Hall–Kier alpha value is -3.83. The van der Waals surface area contributed by atoms with Crippen molar-refractivity contribution >= 4 is 5.82 Å². The Balaban J connectivity index is 1.50. The van der Waals surface area contributed by atoms with Gasteiger partial charge in [0.1, 0.15) is 23.2 Å². The Morgan fingerprint density at radius 3 is 2.58 bits per heavy atom. The summed E-state index contributed by atoms with van der Waals surface area (Å²) in [7, 11) is 0. The Bertz CT molecular complexity index is 1450. The molecule has 1 aliphatic heterocycles. The molecule has 3 aromatic heterocycles. The fourth-order valence-electron chi connectivity index (χ4n) is 5.02. The van der Waals surface area contributed by atoms with Crippen molar-refractivity contribution in [2.75, 3.05) is 4.90 Å². The molecule has 1 atom stereocenters. The standard InChI is InChI=1S/C24H22F4N8/c1-3-18-22-33-32-13(2)35(22)19-12-30-23(31-21(19)36(18)17-5-4-6-17)34-8-7-29-20(34)14-9-15(24(26,27)28)11-16(25)10-14/h7-12,17-18H,3-6H2,1-2H3. The van der Waals surface area contributed by atoms with Crippen LogP contribution in [0.3, 0.4) is 0 Å². The maximum atomic E-state index is 14.1. The van der Waals surface area contributed by atoms with E-state index in [0.717, 1.165) is 55.2 Å². The third-order valence-corrected chi connectivity index (χ3v) is 6.90. The summed E-state index contributed by atoms with van der Waals surface area (Å²) in [4.78, 5) is 15.9. The fraction of sp³-hybridized carbons (Fsp3) is 0.375. The number of alkyl halides is 3. The van der Waals surface area contributed by atoms with Gasteiger partial charge in [0.25, 0.3) is 0 Å². The van der Waals surface area contributed by atoms with E-state index in [1.165, 1.54) is 10.8 Å². The number of aromatic nitrogens is 7. The first-order chi connectivity index (χ1) is 17.3. The SMILES string of the molecule is CCC1c2nnc(C)n2-c2cnc(-n3ccnc3-c3cc(F)cc(C(F)(F)F)c3)nc2N1C1CCC1. The lowest BCUT2D eigenvalue weighted by Gasteiger charge is -2.45. The normalized spacial score (nSPS) is 17.6. The lowest BCUT2D eigenvalue weighted by atomic mass is 9.89. The highest BCUT2D eigenvalue weighted by Crippen LogP contribution is 2.44. The number of aryl methyl sites for hydroxylation is 1. The molecule has 4 aromatic rings. The molecule has 1 fully saturated rings. The average molecular weight is 498 g/mol. The number of hydrogen-bond acceptors (Lipinski definition) is 6. The van der Waals surface area contributed by atoms with Crippen LogP contribution in [0.25, 0.3) is 23.0 Å². The highest BCUT2D eigenvalue weighted by molar-refractivity contribution is 5.65. The van der Waals surface area contributed by atoms with Gasteiger partial charge in [0.15, 0.2) is 11.6 Å². The Kier molecular flexibility index (Phi) is 5.09. The zero-order valence-electron chi connectivity index (χ0n) is 19.5. The molecule has 0 amide bonds. The van der Waals surface area contributed by atoms with Crippen molar-refractivity contribution in [3.63, 3.8) is 0 Å². The Labute approximate surface area is 203 Å². The number of imidazole rings is 1. The van der Waals surface area contributed by atoms with E-state index < -0.39 is 17.6 Å². The van der Waals surface area contributed by atoms with Crippen LogP contribution in [0, 0.1) is 12.7 Å². The smallest absolute Gasteiger partial charge is 0.341 e. The van der Waals surface area contributed by atoms with E-state index in [1.807, 2.05) is 11.5 Å². The summed E-state index contributed by atoms with van der Waals surface area (Å²) in [6, 6.07) is 2.63. The van der Waals surface area contributed by atoms with Gasteiger partial charge >= 0.3 is 6.18 Å². The lowest BCUT2D eigenvalue weighted by Crippen LogP contribution is -2.46. The maximum absolute atomic E-state index is 14.1. The number of halogens is 4. The number of fused-ring (bicyclic) bond motifs is 3. The number of hydrogen-bond donors (Lipinski definition) is 0. The van der Waals surface area contributed by atoms with Crippen molar-refractivity contribution in [1.29, 1.82) is 0 Å². The van der Waals surface area contributed by atoms with Gasteiger partial charge in [-0.2, -0.15) is 18.2 Å². The molecule has 6 rings (SSSR count). The summed E-state index contributed by atoms with van der Waals surface area (Å²) in [6.45, 7) is 3.96. The quantitative estimate of drug-likeness (QED) is 0.360. The van der Waals surface area contributed by atoms with E-state index in [-0.39, 0.29) is 23.4 Å². The molecule has 0 spiro atoms. The molecule has 1 unspecified atom stereocenters. The second-order valence-electron chi connectivity index (χ2n) is 9.08. The maximum Gasteiger partial charge on any atom is 0.416 e. The van der Waals surface area contributed by atoms with Crippen LogP contribution in [-0.2, 0) is 6.18 Å². The molecule has 0 bridgehead atoms. The highest BCUT2D eigenvalue weighted by Gasteiger charge is 2.40. The summed E-state index contributed by atoms with van der Waals surface area (Å²) >= 11 is 0. The molecule has 4 heterocycles. The first kappa shape index (κ1) is 22.6. The monoisotopic (exact) mass is 498 g/mol. The summed E-state index contributed by atoms with van der Waals surface area (Å²) < 4.78 is 57.5. The average Bonchev–Trinajstić information content (AvgIpc) is 3.44. The van der Waals surface area contributed by atoms with Crippen LogP contribution < -0.4 is 4.90 Å². The van der Waals surface area contributed by atoms with Crippen molar-refractivity contribution in [3.8, 4) is 23.0 Å². The number of benzene rings is 1. The first-order valence-corrected chi connectivity index (χ1v) is 11.8. The van der Waals surface area contributed by atoms with Crippen molar-refractivity contribution in [3.05, 3.63) is 59.8 Å². The third kappa shape index (κ3) is 3.46. The van der Waals surface area contributed by atoms with Crippen molar-refractivity contribution in [1.82, 2.24) is 34.3 Å². The second kappa shape index (κ2) is 8.10. The van der Waals surface area contributed by atoms with Gasteiger partial charge in [0.05, 0.1) is 17.8 Å². The molecule has 0 N–H and O–H groups in total. The van der Waals surface area contributed by atoms with Crippen LogP contribution in [-0.4, -0.2) is 40.3 Å². The van der Waals surface area contributed by atoms with Crippen molar-refractivity contribution < 1.29 is 17.6 Å². The van der Waals surface area contributed by atoms with Crippen molar-refractivity contribution in [2.45, 2.75) is 57.8 Å². The lowest BCUT2D eigenvalue weighted by molar-refractivity contribution is -0.137. The number of anilines is 1. The predicted molar refractivity (Wildman–Crippen MR) is 122 cm³/mol. The van der Waals surface area contributed by atoms with Crippen LogP contribution in [0.1, 0.15) is 55.9 Å². The molecule has 1 aromatic carbocycles. The van der Waals surface area contributed by atoms with E-state index in [0.29, 0.717) is 17.9 Å². The molecule has 8 nitrogen and oxygen atoms in total. The highest BCUT2D eigenvalue weighted by atomic mass is 19.4. The van der Waals surface area contributed by atoms with Gasteiger partial charge in [-0.15, -0.1) is 10.2 Å². The van der Waals surface area contributed by atoms with Gasteiger partial charge in [0.2, 0.25) is 5.95 Å². The topological polar surface area (TPSA) is 77.5 Å². The van der Waals surface area contributed by atoms with Crippen LogP contribution in [0.15, 0.2) is 36.8 Å². The Morgan fingerprint density at radius 2 is 1.89 bits per heavy atom. The molecule has 0 radical (unpaired) electrons. The number of nitrogens with zero attached hydrogens (tertiary/aromatic N) is 8. The Morgan fingerprint density at radius 1 is 1.08 bits per heavy atom. The molecule has 12 heteroatoms. The second-order valence-corrected chi connectivity index (χ2v) is 9.08. The largest absolute Gasteiger partial charge is 0.416 e. The van der Waals surface area contributed by atoms with Gasteiger partial charge in [-0.1, -0.05) is 6.92 Å². The van der Waals surface area contributed by atoms with E-state index >= 15 is 0 Å². The summed E-state index contributed by atoms with van der Waals surface area (Å²) in [6.07, 6.45) is 3.95. The van der Waals surface area contributed by atoms with Gasteiger partial charge in [-0.25, -0.2) is 14.4 Å². The van der Waals surface area contributed by atoms with Crippen LogP contribution >= 0.6 is 0 Å². The van der Waals surface area contributed by atoms with E-state index in [4.69, 9.17) is 4.98 Å². The van der Waals surface area contributed by atoms with E-state index in [2.05, 4.69) is 32.0 Å². The molecule has 1 aliphatic carbocycles. The zero-order valence-corrected chi connectivity index (χ0v) is 19.5. The molecular formula is C24H22F4N8. The zero-order chi connectivity index (χ0) is 25.2. The molecular weight excluding hydrogens is 476 g/mol. The molecule has 186 valence electrons. The predicted octanol–water partition coefficient (Wildman–Crippen LogP) is 5.20. The van der Waals surface area contributed by atoms with Gasteiger partial charge in [0, 0.05) is 24.0 Å². The summed E-state index contributed by atoms with van der Waals surface area (Å²) in [5.41, 5.74) is -0.358. The van der Waals surface area contributed by atoms with E-state index in [1.54, 1.807) is 12.4 Å². The molecule has 36 heavy (non-hydrogen) atoms. The first-order valence-electron chi connectivity index (χ1n) is 11.8. The third-order valence-electron chi connectivity index (χ3n) is 6.90. The van der Waals surface area contributed by atoms with Crippen LogP contribution in [0.2, 0.25) is 0 Å². The van der Waals surface area contributed by atoms with Gasteiger partial charge in [-0.05, 0) is 50.8 Å². The minimum Gasteiger partial charge on any atom is -0.341 e. The molecule has 2 aliphatic rings. The van der Waals surface area contributed by atoms with Gasteiger partial charge in [-0.3, -0.25) is 9.13 Å². The molecule has 0 saturated heterocycles. The van der Waals surface area contributed by atoms with Crippen LogP contribution in [0.4, 0.5) is 23.4 Å². The van der Waals surface area contributed by atoms with Gasteiger partial charge < -0.3 is 4.90 Å². The number of rotatable bonds is 4. The van der Waals surface area contributed by atoms with Crippen LogP contribution in [0.5, 0.6) is 0 Å². The molecule has 1 saturated carbocycles. The van der Waals surface area contributed by atoms with Crippen molar-refractivity contribution in [2.24, 2.45) is 0 Å². The minimum absolute atomic E-state index is 0.0205. The summed E-state index contributed by atoms with van der Waals surface area (Å²) in [5, 5.41) is 8.72.